The molecular weight excluding hydrogens is 304 g/mol. The number of aromatic nitrogens is 1. The lowest BCUT2D eigenvalue weighted by Gasteiger charge is -2.12. The third kappa shape index (κ3) is 5.36. The number of rotatable bonds is 3. The third-order valence-electron chi connectivity index (χ3n) is 2.59. The van der Waals surface area contributed by atoms with Gasteiger partial charge in [-0.05, 0) is 26.0 Å². The number of nitrogen functional groups attached to an aromatic ring is 1. The first-order valence-electron chi connectivity index (χ1n) is 6.61. The van der Waals surface area contributed by atoms with Crippen LogP contribution in [0.25, 0.3) is 0 Å². The lowest BCUT2D eigenvalue weighted by molar-refractivity contribution is -0.172. The van der Waals surface area contributed by atoms with Gasteiger partial charge in [0.15, 0.2) is 0 Å². The Morgan fingerprint density at radius 3 is 2.26 bits per heavy atom. The van der Waals surface area contributed by atoms with E-state index in [9.17, 15) is 14.4 Å². The van der Waals surface area contributed by atoms with E-state index in [1.807, 2.05) is 13.8 Å². The number of hydrazone groups is 1. The average molecular weight is 322 g/mol. The number of nitrogens with zero attached hydrogens (tertiary/aromatic N) is 3. The summed E-state index contributed by atoms with van der Waals surface area (Å²) < 4.78 is 0. The summed E-state index contributed by atoms with van der Waals surface area (Å²) in [6.45, 7) is 3.69. The normalized spacial score (nSPS) is 13.1. The van der Waals surface area contributed by atoms with Gasteiger partial charge in [0.2, 0.25) is 0 Å². The van der Waals surface area contributed by atoms with Crippen LogP contribution >= 0.6 is 0 Å². The van der Waals surface area contributed by atoms with Crippen LogP contribution in [-0.2, 0) is 14.4 Å². The summed E-state index contributed by atoms with van der Waals surface area (Å²) in [5, 5.41) is 3.79. The van der Waals surface area contributed by atoms with Gasteiger partial charge in [0, 0.05) is 24.8 Å². The van der Waals surface area contributed by atoms with Gasteiger partial charge < -0.3 is 16.1 Å². The van der Waals surface area contributed by atoms with Crippen LogP contribution < -0.4 is 17.1 Å². The number of hydrazine groups is 1. The number of carbonyl (C=O) groups is 3. The summed E-state index contributed by atoms with van der Waals surface area (Å²) in [4.78, 5) is 42.6. The molecule has 0 saturated carbocycles. The summed E-state index contributed by atoms with van der Waals surface area (Å²) in [5.74, 6) is 8.38. The molecule has 2 amide bonds. The zero-order valence-electron chi connectivity index (χ0n) is 12.8. The van der Waals surface area contributed by atoms with E-state index in [4.69, 9.17) is 16.5 Å². The van der Waals surface area contributed by atoms with Crippen LogP contribution in [-0.4, -0.2) is 33.5 Å². The predicted molar refractivity (Wildman–Crippen MR) is 81.5 cm³/mol. The van der Waals surface area contributed by atoms with Gasteiger partial charge in [-0.25, -0.2) is 15.6 Å². The first kappa shape index (κ1) is 18.0. The highest BCUT2D eigenvalue weighted by molar-refractivity contribution is 6.02. The lowest BCUT2D eigenvalue weighted by atomic mass is 10.3. The minimum atomic E-state index is -0.824. The molecule has 1 aromatic rings. The van der Waals surface area contributed by atoms with Crippen LogP contribution in [0, 0.1) is 0 Å². The van der Waals surface area contributed by atoms with Crippen LogP contribution in [0.1, 0.15) is 37.0 Å². The van der Waals surface area contributed by atoms with Crippen molar-refractivity contribution in [2.75, 3.05) is 5.43 Å². The second-order valence-electron chi connectivity index (χ2n) is 4.61. The molecule has 1 fully saturated rings. The number of nitrogens with one attached hydrogen (secondary N) is 1. The highest BCUT2D eigenvalue weighted by Gasteiger charge is 2.33. The maximum atomic E-state index is 11.6. The van der Waals surface area contributed by atoms with Gasteiger partial charge in [0.25, 0.3) is 11.8 Å². The van der Waals surface area contributed by atoms with Crippen LogP contribution in [0.3, 0.4) is 0 Å². The number of hydrogen-bond acceptors (Lipinski definition) is 9. The Morgan fingerprint density at radius 2 is 1.87 bits per heavy atom. The third-order valence-corrected chi connectivity index (χ3v) is 2.59. The second-order valence-corrected chi connectivity index (χ2v) is 4.61. The predicted octanol–water partition coefficient (Wildman–Crippen LogP) is -0.0711. The zero-order valence-corrected chi connectivity index (χ0v) is 12.8. The summed E-state index contributed by atoms with van der Waals surface area (Å²) in [5.41, 5.74) is 3.32. The number of pyridine rings is 1. The van der Waals surface area contributed by atoms with Crippen molar-refractivity contribution in [3.05, 3.63) is 23.9 Å². The zero-order chi connectivity index (χ0) is 17.4. The molecule has 1 aliphatic heterocycles. The second kappa shape index (κ2) is 8.44. The molecule has 1 aliphatic rings. The molecule has 0 atom stereocenters. The summed E-state index contributed by atoms with van der Waals surface area (Å²) >= 11 is 0. The van der Waals surface area contributed by atoms with Crippen molar-refractivity contribution >= 4 is 29.3 Å². The Hall–Kier alpha value is -3.01. The van der Waals surface area contributed by atoms with Crippen LogP contribution in [0.15, 0.2) is 23.4 Å². The van der Waals surface area contributed by atoms with Gasteiger partial charge >= 0.3 is 5.97 Å². The number of amides is 2. The van der Waals surface area contributed by atoms with Gasteiger partial charge in [0.05, 0.1) is 5.56 Å². The molecule has 5 N–H and O–H groups in total. The molecule has 1 aromatic heterocycles. The molecular formula is C13H18N6O4. The van der Waals surface area contributed by atoms with Crippen molar-refractivity contribution in [2.24, 2.45) is 16.8 Å². The van der Waals surface area contributed by atoms with E-state index < -0.39 is 17.8 Å². The molecule has 1 saturated heterocycles. The largest absolute Gasteiger partial charge is 0.365 e. The van der Waals surface area contributed by atoms with E-state index >= 15 is 0 Å². The number of anilines is 1. The minimum absolute atomic E-state index is 0.0559. The van der Waals surface area contributed by atoms with Crippen molar-refractivity contribution in [3.63, 3.8) is 0 Å². The van der Waals surface area contributed by atoms with Gasteiger partial charge in [-0.3, -0.25) is 9.59 Å². The molecule has 124 valence electrons. The van der Waals surface area contributed by atoms with E-state index in [-0.39, 0.29) is 18.4 Å². The fourth-order valence-corrected chi connectivity index (χ4v) is 1.39. The highest BCUT2D eigenvalue weighted by atomic mass is 16.7. The molecule has 23 heavy (non-hydrogen) atoms. The first-order chi connectivity index (χ1) is 10.9. The SMILES string of the molecule is CC(C)=NN.NNc1ccc(C(=O)ON2C(=O)CCC2=O)cn1. The quantitative estimate of drug-likeness (QED) is 0.302. The number of carbonyl (C=O) groups excluding carboxylic acids is 3. The smallest absolute Gasteiger partial charge is 0.325 e. The topological polar surface area (TPSA) is 153 Å². The molecule has 0 aromatic carbocycles. The van der Waals surface area contributed by atoms with Crippen molar-refractivity contribution in [2.45, 2.75) is 26.7 Å². The van der Waals surface area contributed by atoms with Crippen LogP contribution in [0.4, 0.5) is 5.82 Å². The average Bonchev–Trinajstić information content (AvgIpc) is 2.87. The van der Waals surface area contributed by atoms with E-state index in [0.29, 0.717) is 10.9 Å². The molecule has 0 aliphatic carbocycles. The maximum absolute atomic E-state index is 11.6. The Morgan fingerprint density at radius 1 is 1.30 bits per heavy atom. The van der Waals surface area contributed by atoms with E-state index in [1.165, 1.54) is 18.3 Å². The van der Waals surface area contributed by atoms with Crippen LogP contribution in [0.5, 0.6) is 0 Å². The van der Waals surface area contributed by atoms with Crippen molar-refractivity contribution < 1.29 is 19.2 Å². The van der Waals surface area contributed by atoms with E-state index in [0.717, 1.165) is 5.71 Å². The Kier molecular flexibility index (Phi) is 6.62. The first-order valence-corrected chi connectivity index (χ1v) is 6.61. The fraction of sp³-hybridized carbons (Fsp3) is 0.308. The molecule has 0 radical (unpaired) electrons. The number of imide groups is 1. The lowest BCUT2D eigenvalue weighted by Crippen LogP contribution is -2.32. The Balaban J connectivity index is 0.000000463. The van der Waals surface area contributed by atoms with E-state index in [2.05, 4.69) is 15.5 Å². The Bertz CT molecular complexity index is 593. The van der Waals surface area contributed by atoms with Crippen molar-refractivity contribution in [3.8, 4) is 0 Å². The maximum Gasteiger partial charge on any atom is 0.365 e. The van der Waals surface area contributed by atoms with Crippen LogP contribution in [0.2, 0.25) is 0 Å². The van der Waals surface area contributed by atoms with Gasteiger partial charge in [-0.15, -0.1) is 5.06 Å². The summed E-state index contributed by atoms with van der Waals surface area (Å²) in [6.07, 6.45) is 1.34. The number of hydrogen-bond donors (Lipinski definition) is 3. The molecule has 10 heteroatoms. The molecule has 0 unspecified atom stereocenters. The molecule has 0 spiro atoms. The molecule has 2 rings (SSSR count). The van der Waals surface area contributed by atoms with Gasteiger partial charge in [-0.2, -0.15) is 5.10 Å². The summed E-state index contributed by atoms with van der Waals surface area (Å²) in [6, 6.07) is 2.87. The van der Waals surface area contributed by atoms with Gasteiger partial charge in [0.1, 0.15) is 5.82 Å². The van der Waals surface area contributed by atoms with Crippen molar-refractivity contribution in [1.82, 2.24) is 10.0 Å². The minimum Gasteiger partial charge on any atom is -0.325 e. The van der Waals surface area contributed by atoms with Gasteiger partial charge in [-0.1, -0.05) is 0 Å². The monoisotopic (exact) mass is 322 g/mol. The molecule has 0 bridgehead atoms. The summed E-state index contributed by atoms with van der Waals surface area (Å²) in [7, 11) is 0. The Labute approximate surface area is 132 Å². The number of hydroxylamine groups is 2. The number of nitrogens with two attached hydrogens (primary N) is 2. The fourth-order valence-electron chi connectivity index (χ4n) is 1.39. The standard InChI is InChI=1S/C10H10N4O4.C3H8N2/c11-13-7-2-1-6(5-12-7)10(17)18-14-8(15)3-4-9(14)16;1-3(2)5-4/h1-2,5H,3-4,11H2,(H,12,13);4H2,1-2H3. The molecule has 2 heterocycles. The highest BCUT2D eigenvalue weighted by Crippen LogP contribution is 2.14. The van der Waals surface area contributed by atoms with E-state index in [1.54, 1.807) is 0 Å². The molecule has 10 nitrogen and oxygen atoms in total. The van der Waals surface area contributed by atoms with Crippen molar-refractivity contribution in [1.29, 1.82) is 0 Å².